The molecule has 1 aliphatic heterocycles. The topological polar surface area (TPSA) is 65.7 Å². The second-order valence-corrected chi connectivity index (χ2v) is 5.09. The van der Waals surface area contributed by atoms with Gasteiger partial charge in [-0.05, 0) is 28.9 Å². The van der Waals surface area contributed by atoms with Crippen molar-refractivity contribution in [1.82, 2.24) is 9.47 Å². The maximum absolute atomic E-state index is 12.2. The van der Waals surface area contributed by atoms with Crippen molar-refractivity contribution in [2.24, 2.45) is 0 Å². The summed E-state index contributed by atoms with van der Waals surface area (Å²) in [4.78, 5) is 13.7. The number of rotatable bonds is 2. The van der Waals surface area contributed by atoms with Crippen molar-refractivity contribution in [3.05, 3.63) is 22.4 Å². The van der Waals surface area contributed by atoms with Gasteiger partial charge in [0.05, 0.1) is 12.2 Å². The molecule has 1 aromatic heterocycles. The molecule has 2 atom stereocenters. The lowest BCUT2D eigenvalue weighted by Gasteiger charge is -2.16. The molecule has 94 valence electrons. The molecule has 6 heteroatoms. The Balaban J connectivity index is 2.20. The van der Waals surface area contributed by atoms with Crippen LogP contribution in [0.1, 0.15) is 17.4 Å². The molecule has 0 bridgehead atoms. The van der Waals surface area contributed by atoms with Crippen molar-refractivity contribution in [3.63, 3.8) is 0 Å². The van der Waals surface area contributed by atoms with Crippen LogP contribution in [0.4, 0.5) is 0 Å². The van der Waals surface area contributed by atoms with Crippen molar-refractivity contribution in [1.29, 1.82) is 0 Å². The first-order valence-corrected chi connectivity index (χ1v) is 6.33. The van der Waals surface area contributed by atoms with Crippen LogP contribution >= 0.6 is 15.9 Å². The summed E-state index contributed by atoms with van der Waals surface area (Å²) in [5.41, 5.74) is 0.570. The lowest BCUT2D eigenvalue weighted by Crippen LogP contribution is -2.31. The smallest absolute Gasteiger partial charge is 0.270 e. The van der Waals surface area contributed by atoms with Crippen molar-refractivity contribution in [2.45, 2.75) is 25.7 Å². The number of carbonyl (C=O) groups is 1. The summed E-state index contributed by atoms with van der Waals surface area (Å²) in [6.07, 6.45) is 0.163. The number of halogens is 1. The maximum atomic E-state index is 12.2. The van der Waals surface area contributed by atoms with Gasteiger partial charge in [0.2, 0.25) is 0 Å². The summed E-state index contributed by atoms with van der Waals surface area (Å²) in [6.45, 7) is 3.03. The molecule has 1 aliphatic rings. The molecular weight excluding hydrogens is 288 g/mol. The van der Waals surface area contributed by atoms with E-state index in [1.807, 2.05) is 17.7 Å². The van der Waals surface area contributed by atoms with E-state index >= 15 is 0 Å². The molecule has 1 fully saturated rings. The van der Waals surface area contributed by atoms with Gasteiger partial charge in [0.25, 0.3) is 5.91 Å². The highest BCUT2D eigenvalue weighted by Gasteiger charge is 2.33. The van der Waals surface area contributed by atoms with Gasteiger partial charge in [0.15, 0.2) is 0 Å². The van der Waals surface area contributed by atoms with Gasteiger partial charge in [-0.3, -0.25) is 4.79 Å². The third-order valence-corrected chi connectivity index (χ3v) is 3.40. The summed E-state index contributed by atoms with van der Waals surface area (Å²) in [7, 11) is 0. The molecule has 2 heterocycles. The van der Waals surface area contributed by atoms with Gasteiger partial charge in [0.1, 0.15) is 5.69 Å². The zero-order valence-electron chi connectivity index (χ0n) is 9.51. The van der Waals surface area contributed by atoms with Gasteiger partial charge in [0, 0.05) is 30.3 Å². The number of aliphatic hydroxyl groups excluding tert-OH is 2. The van der Waals surface area contributed by atoms with Crippen LogP contribution in [0.5, 0.6) is 0 Å². The number of amides is 1. The van der Waals surface area contributed by atoms with Crippen molar-refractivity contribution in [3.8, 4) is 0 Å². The molecular formula is C11H15BrN2O3. The second-order valence-electron chi connectivity index (χ2n) is 4.17. The predicted molar refractivity (Wildman–Crippen MR) is 65.7 cm³/mol. The van der Waals surface area contributed by atoms with Gasteiger partial charge in [-0.1, -0.05) is 0 Å². The standard InChI is InChI=1S/C11H15BrN2O3/c1-2-13-4-7(12)3-8(13)11(17)14-5-9(15)10(16)6-14/h3-4,9-10,15-16H,2,5-6H2,1H3. The first-order valence-electron chi connectivity index (χ1n) is 5.54. The maximum Gasteiger partial charge on any atom is 0.270 e. The summed E-state index contributed by atoms with van der Waals surface area (Å²) < 4.78 is 2.69. The van der Waals surface area contributed by atoms with E-state index in [0.29, 0.717) is 12.2 Å². The number of aromatic nitrogens is 1. The number of carbonyl (C=O) groups excluding carboxylic acids is 1. The van der Waals surface area contributed by atoms with Crippen LogP contribution in [0.15, 0.2) is 16.7 Å². The van der Waals surface area contributed by atoms with E-state index in [-0.39, 0.29) is 19.0 Å². The van der Waals surface area contributed by atoms with Crippen LogP contribution in [0.2, 0.25) is 0 Å². The molecule has 1 saturated heterocycles. The molecule has 0 saturated carbocycles. The SMILES string of the molecule is CCn1cc(Br)cc1C(=O)N1CC(O)C(O)C1. The minimum absolute atomic E-state index is 0.159. The third-order valence-electron chi connectivity index (χ3n) is 2.97. The number of aryl methyl sites for hydroxylation is 1. The highest BCUT2D eigenvalue weighted by Crippen LogP contribution is 2.19. The molecule has 0 radical (unpaired) electrons. The predicted octanol–water partition coefficient (Wildman–Crippen LogP) is 0.448. The molecule has 2 rings (SSSR count). The highest BCUT2D eigenvalue weighted by atomic mass is 79.9. The van der Waals surface area contributed by atoms with Crippen LogP contribution in [0, 0.1) is 0 Å². The number of nitrogens with zero attached hydrogens (tertiary/aromatic N) is 2. The highest BCUT2D eigenvalue weighted by molar-refractivity contribution is 9.10. The lowest BCUT2D eigenvalue weighted by molar-refractivity contribution is 0.0572. The first-order chi connectivity index (χ1) is 8.02. The van der Waals surface area contributed by atoms with E-state index in [1.165, 1.54) is 4.90 Å². The van der Waals surface area contributed by atoms with Crippen LogP contribution in [-0.4, -0.2) is 50.9 Å². The Labute approximate surface area is 108 Å². The first kappa shape index (κ1) is 12.6. The molecule has 1 amide bonds. The average Bonchev–Trinajstić information content (AvgIpc) is 2.82. The molecule has 2 N–H and O–H groups in total. The second kappa shape index (κ2) is 4.80. The third kappa shape index (κ3) is 2.38. The van der Waals surface area contributed by atoms with Crippen LogP contribution in [0.3, 0.4) is 0 Å². The van der Waals surface area contributed by atoms with Gasteiger partial charge >= 0.3 is 0 Å². The van der Waals surface area contributed by atoms with Gasteiger partial charge in [-0.15, -0.1) is 0 Å². The Morgan fingerprint density at radius 1 is 1.47 bits per heavy atom. The summed E-state index contributed by atoms with van der Waals surface area (Å²) in [5.74, 6) is -0.159. The fourth-order valence-corrected chi connectivity index (χ4v) is 2.48. The summed E-state index contributed by atoms with van der Waals surface area (Å²) in [5, 5.41) is 18.9. The fraction of sp³-hybridized carbons (Fsp3) is 0.545. The van der Waals surface area contributed by atoms with Crippen molar-refractivity contribution >= 4 is 21.8 Å². The lowest BCUT2D eigenvalue weighted by atomic mass is 10.3. The minimum Gasteiger partial charge on any atom is -0.388 e. The summed E-state index contributed by atoms with van der Waals surface area (Å²) in [6, 6.07) is 1.75. The Bertz CT molecular complexity index is 422. The number of aliphatic hydroxyl groups is 2. The van der Waals surface area contributed by atoms with Crippen molar-refractivity contribution in [2.75, 3.05) is 13.1 Å². The van der Waals surface area contributed by atoms with E-state index in [0.717, 1.165) is 4.47 Å². The molecule has 0 aromatic carbocycles. The van der Waals surface area contributed by atoms with E-state index in [2.05, 4.69) is 15.9 Å². The Kier molecular flexibility index (Phi) is 3.56. The van der Waals surface area contributed by atoms with E-state index in [9.17, 15) is 15.0 Å². The minimum atomic E-state index is -0.840. The Morgan fingerprint density at radius 2 is 2.06 bits per heavy atom. The molecule has 1 aromatic rings. The largest absolute Gasteiger partial charge is 0.388 e. The monoisotopic (exact) mass is 302 g/mol. The molecule has 5 nitrogen and oxygen atoms in total. The molecule has 17 heavy (non-hydrogen) atoms. The van der Waals surface area contributed by atoms with E-state index in [1.54, 1.807) is 6.07 Å². The Hall–Kier alpha value is -0.850. The van der Waals surface area contributed by atoms with Gasteiger partial charge < -0.3 is 19.7 Å². The number of hydrogen-bond donors (Lipinski definition) is 2. The van der Waals surface area contributed by atoms with Gasteiger partial charge in [-0.2, -0.15) is 0 Å². The van der Waals surface area contributed by atoms with Crippen LogP contribution < -0.4 is 0 Å². The fourth-order valence-electron chi connectivity index (χ4n) is 2.01. The average molecular weight is 303 g/mol. The number of hydrogen-bond acceptors (Lipinski definition) is 3. The molecule has 0 spiro atoms. The van der Waals surface area contributed by atoms with Crippen LogP contribution in [0.25, 0.3) is 0 Å². The number of likely N-dealkylation sites (tertiary alicyclic amines) is 1. The number of β-amino-alcohol motifs (C(OH)–C–C–N with tert-alkyl or cyclic N) is 2. The van der Waals surface area contributed by atoms with E-state index in [4.69, 9.17) is 0 Å². The van der Waals surface area contributed by atoms with Gasteiger partial charge in [-0.25, -0.2) is 0 Å². The zero-order valence-corrected chi connectivity index (χ0v) is 11.1. The van der Waals surface area contributed by atoms with Crippen molar-refractivity contribution < 1.29 is 15.0 Å². The zero-order chi connectivity index (χ0) is 12.6. The van der Waals surface area contributed by atoms with E-state index < -0.39 is 12.2 Å². The van der Waals surface area contributed by atoms with Crippen LogP contribution in [-0.2, 0) is 6.54 Å². The molecule has 2 unspecified atom stereocenters. The summed E-state index contributed by atoms with van der Waals surface area (Å²) >= 11 is 3.33. The normalized spacial score (nSPS) is 24.4. The molecule has 0 aliphatic carbocycles. The Morgan fingerprint density at radius 3 is 2.59 bits per heavy atom. The quantitative estimate of drug-likeness (QED) is 0.833.